The summed E-state index contributed by atoms with van der Waals surface area (Å²) in [5.74, 6) is 0.967. The maximum Gasteiger partial charge on any atom is 0.0247 e. The lowest BCUT2D eigenvalue weighted by atomic mass is 9.78. The Bertz CT molecular complexity index is 472. The fourth-order valence-electron chi connectivity index (χ4n) is 4.18. The molecule has 0 bridgehead atoms. The first kappa shape index (κ1) is 15.5. The van der Waals surface area contributed by atoms with Gasteiger partial charge >= 0.3 is 0 Å². The molecule has 0 amide bonds. The van der Waals surface area contributed by atoms with Gasteiger partial charge in [-0.3, -0.25) is 4.90 Å². The van der Waals surface area contributed by atoms with Crippen molar-refractivity contribution in [2.45, 2.75) is 57.7 Å². The van der Waals surface area contributed by atoms with Crippen molar-refractivity contribution < 1.29 is 0 Å². The summed E-state index contributed by atoms with van der Waals surface area (Å²) in [5, 5.41) is 3.22. The third-order valence-corrected chi connectivity index (χ3v) is 5.97. The van der Waals surface area contributed by atoms with Crippen molar-refractivity contribution in [2.75, 3.05) is 13.6 Å². The van der Waals surface area contributed by atoms with E-state index in [-0.39, 0.29) is 0 Å². The van der Waals surface area contributed by atoms with Crippen molar-refractivity contribution in [1.29, 1.82) is 0 Å². The lowest BCUT2D eigenvalue weighted by molar-refractivity contribution is 0.0545. The van der Waals surface area contributed by atoms with Gasteiger partial charge in [0.25, 0.3) is 0 Å². The van der Waals surface area contributed by atoms with Gasteiger partial charge in [-0.25, -0.2) is 0 Å². The highest BCUT2D eigenvalue weighted by Crippen LogP contribution is 2.36. The zero-order valence-corrected chi connectivity index (χ0v) is 14.7. The molecule has 1 N–H and O–H groups in total. The lowest BCUT2D eigenvalue weighted by Crippen LogP contribution is -2.46. The van der Waals surface area contributed by atoms with Crippen LogP contribution in [0.25, 0.3) is 0 Å². The van der Waals surface area contributed by atoms with Gasteiger partial charge in [-0.2, -0.15) is 0 Å². The van der Waals surface area contributed by atoms with E-state index in [9.17, 15) is 0 Å². The molecule has 1 aliphatic carbocycles. The number of nitrogens with zero attached hydrogens (tertiary/aromatic N) is 1. The van der Waals surface area contributed by atoms with E-state index < -0.39 is 0 Å². The Kier molecular flexibility index (Phi) is 5.36. The van der Waals surface area contributed by atoms with E-state index in [0.717, 1.165) is 25.0 Å². The summed E-state index contributed by atoms with van der Waals surface area (Å²) in [5.41, 5.74) is 2.79. The van der Waals surface area contributed by atoms with Crippen molar-refractivity contribution in [1.82, 2.24) is 10.2 Å². The third-order valence-electron chi connectivity index (χ3n) is 5.23. The molecular formula is C18H27BrN2. The lowest BCUT2D eigenvalue weighted by Gasteiger charge is -2.44. The number of piperidine rings is 1. The Labute approximate surface area is 137 Å². The van der Waals surface area contributed by atoms with Gasteiger partial charge in [-0.1, -0.05) is 40.9 Å². The normalized spacial score (nSPS) is 26.6. The number of benzene rings is 1. The van der Waals surface area contributed by atoms with E-state index >= 15 is 0 Å². The van der Waals surface area contributed by atoms with E-state index in [1.165, 1.54) is 60.7 Å². The molecule has 3 heteroatoms. The standard InChI is InChI=1S/C18H27BrN2/c1-20-12-14-8-9-16(17(19)11-14)13-21-10-4-6-15-5-2-3-7-18(15)21/h8-9,11,15,18,20H,2-7,10,12-13H2,1H3. The second kappa shape index (κ2) is 7.26. The largest absolute Gasteiger partial charge is 0.316 e. The first-order valence-electron chi connectivity index (χ1n) is 8.44. The van der Waals surface area contributed by atoms with E-state index in [4.69, 9.17) is 0 Å². The van der Waals surface area contributed by atoms with Crippen molar-refractivity contribution in [3.05, 3.63) is 33.8 Å². The van der Waals surface area contributed by atoms with Gasteiger partial charge in [0.1, 0.15) is 0 Å². The molecule has 0 aromatic heterocycles. The molecule has 2 fully saturated rings. The molecule has 2 nitrogen and oxygen atoms in total. The minimum Gasteiger partial charge on any atom is -0.316 e. The average molecular weight is 351 g/mol. The van der Waals surface area contributed by atoms with Crippen LogP contribution in [-0.4, -0.2) is 24.5 Å². The highest BCUT2D eigenvalue weighted by atomic mass is 79.9. The Morgan fingerprint density at radius 2 is 2.00 bits per heavy atom. The molecule has 2 atom stereocenters. The maximum atomic E-state index is 3.78. The van der Waals surface area contributed by atoms with Crippen LogP contribution in [0.1, 0.15) is 49.7 Å². The number of rotatable bonds is 4. The molecule has 3 rings (SSSR count). The number of nitrogens with one attached hydrogen (secondary N) is 1. The minimum atomic E-state index is 0.844. The molecular weight excluding hydrogens is 324 g/mol. The second-order valence-corrected chi connectivity index (χ2v) is 7.54. The highest BCUT2D eigenvalue weighted by molar-refractivity contribution is 9.10. The van der Waals surface area contributed by atoms with Gasteiger partial charge in [-0.15, -0.1) is 0 Å². The van der Waals surface area contributed by atoms with E-state index in [1.54, 1.807) is 0 Å². The summed E-state index contributed by atoms with van der Waals surface area (Å²) in [6.07, 6.45) is 8.61. The highest BCUT2D eigenvalue weighted by Gasteiger charge is 2.33. The predicted molar refractivity (Wildman–Crippen MR) is 92.3 cm³/mol. The number of likely N-dealkylation sites (tertiary alicyclic amines) is 1. The van der Waals surface area contributed by atoms with Gasteiger partial charge in [0.15, 0.2) is 0 Å². The minimum absolute atomic E-state index is 0.844. The molecule has 1 heterocycles. The van der Waals surface area contributed by atoms with E-state index in [2.05, 4.69) is 44.3 Å². The van der Waals surface area contributed by atoms with Crippen LogP contribution in [0.15, 0.2) is 22.7 Å². The Hall–Kier alpha value is -0.380. The Morgan fingerprint density at radius 1 is 1.19 bits per heavy atom. The summed E-state index contributed by atoms with van der Waals surface area (Å²) in [6.45, 7) is 3.33. The van der Waals surface area contributed by atoms with Crippen LogP contribution in [0.2, 0.25) is 0 Å². The van der Waals surface area contributed by atoms with Crippen LogP contribution in [-0.2, 0) is 13.1 Å². The van der Waals surface area contributed by atoms with Crippen molar-refractivity contribution in [2.24, 2.45) is 5.92 Å². The average Bonchev–Trinajstić information content (AvgIpc) is 2.51. The molecule has 0 radical (unpaired) electrons. The van der Waals surface area contributed by atoms with E-state index in [0.29, 0.717) is 0 Å². The monoisotopic (exact) mass is 350 g/mol. The summed E-state index contributed by atoms with van der Waals surface area (Å²) in [7, 11) is 2.00. The second-order valence-electron chi connectivity index (χ2n) is 6.68. The number of halogens is 1. The van der Waals surface area contributed by atoms with Crippen LogP contribution in [0.5, 0.6) is 0 Å². The SMILES string of the molecule is CNCc1ccc(CN2CCCC3CCCCC32)c(Br)c1. The molecule has 1 aliphatic heterocycles. The summed E-state index contributed by atoms with van der Waals surface area (Å²) >= 11 is 3.78. The van der Waals surface area contributed by atoms with Crippen molar-refractivity contribution in [3.63, 3.8) is 0 Å². The number of hydrogen-bond donors (Lipinski definition) is 1. The van der Waals surface area contributed by atoms with Gasteiger partial charge in [0, 0.05) is 23.6 Å². The molecule has 21 heavy (non-hydrogen) atoms. The summed E-state index contributed by atoms with van der Waals surface area (Å²) < 4.78 is 1.27. The van der Waals surface area contributed by atoms with Gasteiger partial charge in [0.2, 0.25) is 0 Å². The van der Waals surface area contributed by atoms with Gasteiger partial charge in [-0.05, 0) is 62.4 Å². The molecule has 2 unspecified atom stereocenters. The van der Waals surface area contributed by atoms with Crippen LogP contribution in [0, 0.1) is 5.92 Å². The predicted octanol–water partition coefficient (Wildman–Crippen LogP) is 4.32. The van der Waals surface area contributed by atoms with Crippen molar-refractivity contribution >= 4 is 15.9 Å². The summed E-state index contributed by atoms with van der Waals surface area (Å²) in [4.78, 5) is 2.76. The quantitative estimate of drug-likeness (QED) is 0.869. The first-order valence-corrected chi connectivity index (χ1v) is 9.23. The van der Waals surface area contributed by atoms with Gasteiger partial charge < -0.3 is 5.32 Å². The van der Waals surface area contributed by atoms with Crippen LogP contribution in [0.4, 0.5) is 0 Å². The fraction of sp³-hybridized carbons (Fsp3) is 0.667. The fourth-order valence-corrected chi connectivity index (χ4v) is 4.73. The van der Waals surface area contributed by atoms with Crippen molar-refractivity contribution in [3.8, 4) is 0 Å². The topological polar surface area (TPSA) is 15.3 Å². The molecule has 2 aliphatic rings. The number of fused-ring (bicyclic) bond motifs is 1. The molecule has 1 saturated heterocycles. The molecule has 1 aromatic carbocycles. The van der Waals surface area contributed by atoms with Crippen LogP contribution in [0.3, 0.4) is 0 Å². The van der Waals surface area contributed by atoms with Crippen LogP contribution < -0.4 is 5.32 Å². The molecule has 116 valence electrons. The molecule has 1 aromatic rings. The molecule has 0 spiro atoms. The Morgan fingerprint density at radius 3 is 2.81 bits per heavy atom. The smallest absolute Gasteiger partial charge is 0.0247 e. The Balaban J connectivity index is 1.70. The van der Waals surface area contributed by atoms with Gasteiger partial charge in [0.05, 0.1) is 0 Å². The zero-order valence-electron chi connectivity index (χ0n) is 13.1. The summed E-state index contributed by atoms with van der Waals surface area (Å²) in [6, 6.07) is 7.69. The maximum absolute atomic E-state index is 3.78. The zero-order chi connectivity index (χ0) is 14.7. The first-order chi connectivity index (χ1) is 10.3. The van der Waals surface area contributed by atoms with E-state index in [1.807, 2.05) is 7.05 Å². The van der Waals surface area contributed by atoms with Crippen LogP contribution >= 0.6 is 15.9 Å². The molecule has 1 saturated carbocycles. The number of hydrogen-bond acceptors (Lipinski definition) is 2. The third kappa shape index (κ3) is 3.69.